The van der Waals surface area contributed by atoms with Crippen LogP contribution in [0.2, 0.25) is 0 Å². The Morgan fingerprint density at radius 2 is 1.94 bits per heavy atom. The normalized spacial score (nSPS) is 10.2. The molecular formula is C11H10N2O5. The highest BCUT2D eigenvalue weighted by molar-refractivity contribution is 5.93. The Morgan fingerprint density at radius 1 is 1.33 bits per heavy atom. The predicted octanol–water partition coefficient (Wildman–Crippen LogP) is 0.809. The van der Waals surface area contributed by atoms with Gasteiger partial charge in [-0.25, -0.2) is 0 Å². The van der Waals surface area contributed by atoms with Gasteiger partial charge in [0, 0.05) is 18.2 Å². The van der Waals surface area contributed by atoms with Crippen LogP contribution < -0.4 is 5.32 Å². The van der Waals surface area contributed by atoms with Gasteiger partial charge in [0.1, 0.15) is 6.54 Å². The average Bonchev–Trinajstić information content (AvgIpc) is 2.34. The minimum atomic E-state index is -1.13. The molecule has 0 aromatic heterocycles. The molecule has 1 aromatic rings. The summed E-state index contributed by atoms with van der Waals surface area (Å²) in [5.74, 6) is -1.68. The van der Waals surface area contributed by atoms with Gasteiger partial charge in [-0.05, 0) is 23.8 Å². The lowest BCUT2D eigenvalue weighted by molar-refractivity contribution is -0.384. The number of benzene rings is 1. The van der Waals surface area contributed by atoms with Crippen LogP contribution in [-0.4, -0.2) is 28.5 Å². The lowest BCUT2D eigenvalue weighted by atomic mass is 10.2. The number of carbonyl (C=O) groups is 2. The molecule has 0 bridgehead atoms. The number of hydrogen-bond donors (Lipinski definition) is 2. The van der Waals surface area contributed by atoms with Crippen LogP contribution in [0.15, 0.2) is 30.3 Å². The Hall–Kier alpha value is -2.70. The molecule has 0 unspecified atom stereocenters. The minimum absolute atomic E-state index is 0.0394. The number of non-ortho nitro benzene ring substituents is 1. The molecule has 7 nitrogen and oxygen atoms in total. The molecule has 94 valence electrons. The molecule has 18 heavy (non-hydrogen) atoms. The van der Waals surface area contributed by atoms with Gasteiger partial charge in [0.15, 0.2) is 0 Å². The van der Waals surface area contributed by atoms with E-state index in [1.54, 1.807) is 0 Å². The number of aliphatic carboxylic acids is 1. The summed E-state index contributed by atoms with van der Waals surface area (Å²) >= 11 is 0. The first-order chi connectivity index (χ1) is 8.49. The van der Waals surface area contributed by atoms with Gasteiger partial charge in [-0.1, -0.05) is 0 Å². The average molecular weight is 250 g/mol. The Morgan fingerprint density at radius 3 is 2.44 bits per heavy atom. The smallest absolute Gasteiger partial charge is 0.322 e. The fourth-order valence-electron chi connectivity index (χ4n) is 1.10. The van der Waals surface area contributed by atoms with Gasteiger partial charge in [0.05, 0.1) is 4.92 Å². The van der Waals surface area contributed by atoms with Gasteiger partial charge in [-0.2, -0.15) is 0 Å². The van der Waals surface area contributed by atoms with Crippen molar-refractivity contribution in [2.24, 2.45) is 0 Å². The van der Waals surface area contributed by atoms with Crippen molar-refractivity contribution in [3.8, 4) is 0 Å². The van der Waals surface area contributed by atoms with E-state index in [4.69, 9.17) is 5.11 Å². The van der Waals surface area contributed by atoms with Crippen molar-refractivity contribution >= 4 is 23.6 Å². The van der Waals surface area contributed by atoms with Gasteiger partial charge in [0.25, 0.3) is 5.69 Å². The summed E-state index contributed by atoms with van der Waals surface area (Å²) in [7, 11) is 0. The summed E-state index contributed by atoms with van der Waals surface area (Å²) < 4.78 is 0. The maximum Gasteiger partial charge on any atom is 0.322 e. The zero-order chi connectivity index (χ0) is 13.5. The lowest BCUT2D eigenvalue weighted by Crippen LogP contribution is -2.27. The van der Waals surface area contributed by atoms with Crippen LogP contribution in [0, 0.1) is 10.1 Å². The van der Waals surface area contributed by atoms with Gasteiger partial charge >= 0.3 is 5.97 Å². The maximum absolute atomic E-state index is 11.1. The van der Waals surface area contributed by atoms with E-state index < -0.39 is 23.3 Å². The van der Waals surface area contributed by atoms with E-state index >= 15 is 0 Å². The van der Waals surface area contributed by atoms with Crippen LogP contribution in [-0.2, 0) is 9.59 Å². The zero-order valence-electron chi connectivity index (χ0n) is 9.20. The first-order valence-corrected chi connectivity index (χ1v) is 4.91. The Balaban J connectivity index is 2.58. The van der Waals surface area contributed by atoms with Crippen molar-refractivity contribution in [3.05, 3.63) is 46.0 Å². The summed E-state index contributed by atoms with van der Waals surface area (Å²) in [6.07, 6.45) is 2.59. The number of hydrogen-bond acceptors (Lipinski definition) is 4. The summed E-state index contributed by atoms with van der Waals surface area (Å²) in [4.78, 5) is 31.2. The van der Waals surface area contributed by atoms with Gasteiger partial charge in [-0.3, -0.25) is 19.7 Å². The summed E-state index contributed by atoms with van der Waals surface area (Å²) in [6.45, 7) is -0.455. The second kappa shape index (κ2) is 6.14. The van der Waals surface area contributed by atoms with Crippen LogP contribution in [0.3, 0.4) is 0 Å². The Labute approximate surface area is 102 Å². The van der Waals surface area contributed by atoms with Crippen molar-refractivity contribution in [1.29, 1.82) is 0 Å². The highest BCUT2D eigenvalue weighted by Gasteiger charge is 2.03. The van der Waals surface area contributed by atoms with Crippen LogP contribution in [0.25, 0.3) is 6.08 Å². The molecule has 2 N–H and O–H groups in total. The standard InChI is InChI=1S/C11H10N2O5/c14-10(12-7-11(15)16)6-3-8-1-4-9(5-2-8)13(17)18/h1-6H,7H2,(H,12,14)(H,15,16)/b6-3+. The quantitative estimate of drug-likeness (QED) is 0.456. The number of amides is 1. The molecule has 0 aliphatic rings. The molecule has 7 heteroatoms. The number of carboxylic acid groups (broad SMARTS) is 1. The number of nitrogens with one attached hydrogen (secondary N) is 1. The van der Waals surface area contributed by atoms with Crippen molar-refractivity contribution in [2.45, 2.75) is 0 Å². The minimum Gasteiger partial charge on any atom is -0.480 e. The number of rotatable bonds is 5. The molecule has 1 rings (SSSR count). The summed E-state index contributed by atoms with van der Waals surface area (Å²) in [5.41, 5.74) is 0.563. The molecule has 0 radical (unpaired) electrons. The molecule has 0 fully saturated rings. The summed E-state index contributed by atoms with van der Waals surface area (Å²) in [5, 5.41) is 20.9. The number of nitro groups is 1. The lowest BCUT2D eigenvalue weighted by Gasteiger charge is -1.96. The van der Waals surface area contributed by atoms with Crippen LogP contribution >= 0.6 is 0 Å². The van der Waals surface area contributed by atoms with Crippen LogP contribution in [0.5, 0.6) is 0 Å². The molecule has 1 amide bonds. The molecule has 0 atom stereocenters. The zero-order valence-corrected chi connectivity index (χ0v) is 9.20. The van der Waals surface area contributed by atoms with E-state index in [0.717, 1.165) is 6.08 Å². The molecular weight excluding hydrogens is 240 g/mol. The van der Waals surface area contributed by atoms with Crippen molar-refractivity contribution in [2.75, 3.05) is 6.54 Å². The highest BCUT2D eigenvalue weighted by Crippen LogP contribution is 2.12. The molecule has 0 aliphatic heterocycles. The molecule has 0 aliphatic carbocycles. The second-order valence-corrected chi connectivity index (χ2v) is 3.29. The number of nitrogens with zero attached hydrogens (tertiary/aromatic N) is 1. The second-order valence-electron chi connectivity index (χ2n) is 3.29. The fraction of sp³-hybridized carbons (Fsp3) is 0.0909. The van der Waals surface area contributed by atoms with Crippen molar-refractivity contribution in [1.82, 2.24) is 5.32 Å². The molecule has 1 aromatic carbocycles. The third-order valence-corrected chi connectivity index (χ3v) is 1.94. The summed E-state index contributed by atoms with van der Waals surface area (Å²) in [6, 6.07) is 5.60. The maximum atomic E-state index is 11.1. The number of carbonyl (C=O) groups excluding carboxylic acids is 1. The molecule has 0 saturated carbocycles. The van der Waals surface area contributed by atoms with Gasteiger partial charge < -0.3 is 10.4 Å². The monoisotopic (exact) mass is 250 g/mol. The van der Waals surface area contributed by atoms with E-state index in [0.29, 0.717) is 5.56 Å². The predicted molar refractivity (Wildman–Crippen MR) is 62.8 cm³/mol. The number of nitro benzene ring substituents is 1. The van der Waals surface area contributed by atoms with Crippen LogP contribution in [0.1, 0.15) is 5.56 Å². The van der Waals surface area contributed by atoms with Crippen LogP contribution in [0.4, 0.5) is 5.69 Å². The number of carboxylic acids is 1. The van der Waals surface area contributed by atoms with Gasteiger partial charge in [0.2, 0.25) is 5.91 Å². The SMILES string of the molecule is O=C(O)CNC(=O)/C=C/c1ccc([N+](=O)[O-])cc1. The highest BCUT2D eigenvalue weighted by atomic mass is 16.6. The first kappa shape index (κ1) is 13.4. The third-order valence-electron chi connectivity index (χ3n) is 1.94. The Kier molecular flexibility index (Phi) is 4.56. The molecule has 0 saturated heterocycles. The van der Waals surface area contributed by atoms with E-state index in [2.05, 4.69) is 5.32 Å². The van der Waals surface area contributed by atoms with Crippen molar-refractivity contribution in [3.63, 3.8) is 0 Å². The molecule has 0 heterocycles. The largest absolute Gasteiger partial charge is 0.480 e. The van der Waals surface area contributed by atoms with E-state index in [9.17, 15) is 19.7 Å². The topological polar surface area (TPSA) is 110 Å². The van der Waals surface area contributed by atoms with E-state index in [1.165, 1.54) is 30.3 Å². The fourth-order valence-corrected chi connectivity index (χ4v) is 1.10. The Bertz CT molecular complexity index is 493. The van der Waals surface area contributed by atoms with E-state index in [-0.39, 0.29) is 5.69 Å². The first-order valence-electron chi connectivity index (χ1n) is 4.91. The van der Waals surface area contributed by atoms with E-state index in [1.807, 2.05) is 0 Å². The molecule has 0 spiro atoms. The van der Waals surface area contributed by atoms with Gasteiger partial charge in [-0.15, -0.1) is 0 Å². The third kappa shape index (κ3) is 4.44. The van der Waals surface area contributed by atoms with Crippen molar-refractivity contribution < 1.29 is 19.6 Å².